The van der Waals surface area contributed by atoms with Gasteiger partial charge in [0.2, 0.25) is 11.9 Å². The Kier molecular flexibility index (Phi) is 5.66. The minimum Gasteiger partial charge on any atom is -0.340 e. The van der Waals surface area contributed by atoms with Gasteiger partial charge >= 0.3 is 0 Å². The minimum atomic E-state index is -0.102. The Bertz CT molecular complexity index is 927. The van der Waals surface area contributed by atoms with E-state index >= 15 is 0 Å². The zero-order valence-electron chi connectivity index (χ0n) is 15.7. The van der Waals surface area contributed by atoms with Gasteiger partial charge in [-0.3, -0.25) is 4.79 Å². The molecule has 1 heterocycles. The maximum atomic E-state index is 11.2. The predicted octanol–water partition coefficient (Wildman–Crippen LogP) is 4.12. The van der Waals surface area contributed by atoms with E-state index < -0.39 is 0 Å². The monoisotopic (exact) mass is 361 g/mol. The first-order valence-electron chi connectivity index (χ1n) is 8.75. The van der Waals surface area contributed by atoms with E-state index in [0.29, 0.717) is 11.8 Å². The normalized spacial score (nSPS) is 10.3. The molecule has 1 aromatic heterocycles. The summed E-state index contributed by atoms with van der Waals surface area (Å²) in [5.74, 6) is 1.26. The number of aryl methyl sites for hydroxylation is 1. The lowest BCUT2D eigenvalue weighted by Gasteiger charge is -2.19. The average molecular weight is 361 g/mol. The number of carbonyl (C=O) groups is 1. The third-order valence-corrected chi connectivity index (χ3v) is 3.90. The molecule has 0 aliphatic carbocycles. The molecule has 0 radical (unpaired) electrons. The third kappa shape index (κ3) is 5.28. The zero-order chi connectivity index (χ0) is 19.2. The van der Waals surface area contributed by atoms with E-state index in [1.54, 1.807) is 0 Å². The van der Waals surface area contributed by atoms with Crippen LogP contribution < -0.4 is 15.5 Å². The highest BCUT2D eigenvalue weighted by Crippen LogP contribution is 2.21. The van der Waals surface area contributed by atoms with Crippen molar-refractivity contribution in [3.05, 3.63) is 71.9 Å². The summed E-state index contributed by atoms with van der Waals surface area (Å²) in [6.45, 7) is 4.16. The first-order valence-corrected chi connectivity index (χ1v) is 8.75. The van der Waals surface area contributed by atoms with Crippen LogP contribution in [0.3, 0.4) is 0 Å². The van der Waals surface area contributed by atoms with Crippen LogP contribution in [0.25, 0.3) is 0 Å². The summed E-state index contributed by atoms with van der Waals surface area (Å²) in [4.78, 5) is 22.4. The highest BCUT2D eigenvalue weighted by Gasteiger charge is 2.09. The summed E-state index contributed by atoms with van der Waals surface area (Å²) >= 11 is 0. The quantitative estimate of drug-likeness (QED) is 0.691. The fraction of sp³-hybridized carbons (Fsp3) is 0.190. The van der Waals surface area contributed by atoms with Crippen molar-refractivity contribution in [3.8, 4) is 0 Å². The van der Waals surface area contributed by atoms with Crippen molar-refractivity contribution in [1.29, 1.82) is 0 Å². The summed E-state index contributed by atoms with van der Waals surface area (Å²) < 4.78 is 0. The van der Waals surface area contributed by atoms with E-state index in [1.165, 1.54) is 12.5 Å². The molecule has 6 heteroatoms. The van der Waals surface area contributed by atoms with Gasteiger partial charge in [-0.1, -0.05) is 36.4 Å². The van der Waals surface area contributed by atoms with Crippen LogP contribution in [0.1, 0.15) is 18.2 Å². The second-order valence-corrected chi connectivity index (χ2v) is 6.42. The number of anilines is 4. The summed E-state index contributed by atoms with van der Waals surface area (Å²) in [7, 11) is 1.98. The van der Waals surface area contributed by atoms with Crippen LogP contribution >= 0.6 is 0 Å². The van der Waals surface area contributed by atoms with Crippen molar-refractivity contribution >= 4 is 29.0 Å². The summed E-state index contributed by atoms with van der Waals surface area (Å²) in [6.07, 6.45) is 0. The predicted molar refractivity (Wildman–Crippen MR) is 109 cm³/mol. The molecule has 27 heavy (non-hydrogen) atoms. The largest absolute Gasteiger partial charge is 0.340 e. The van der Waals surface area contributed by atoms with Gasteiger partial charge in [0.25, 0.3) is 0 Å². The van der Waals surface area contributed by atoms with Crippen LogP contribution in [0.2, 0.25) is 0 Å². The molecule has 0 spiro atoms. The average Bonchev–Trinajstić information content (AvgIpc) is 2.62. The van der Waals surface area contributed by atoms with Crippen LogP contribution in [0, 0.1) is 6.92 Å². The number of nitrogens with one attached hydrogen (secondary N) is 2. The van der Waals surface area contributed by atoms with Gasteiger partial charge in [-0.25, -0.2) is 4.98 Å². The smallest absolute Gasteiger partial charge is 0.227 e. The molecule has 2 aromatic carbocycles. The van der Waals surface area contributed by atoms with Gasteiger partial charge in [0.05, 0.1) is 0 Å². The Balaban J connectivity index is 1.78. The Morgan fingerprint density at radius 3 is 2.48 bits per heavy atom. The number of nitrogens with zero attached hydrogens (tertiary/aromatic N) is 3. The fourth-order valence-electron chi connectivity index (χ4n) is 2.74. The first-order chi connectivity index (χ1) is 13.0. The Labute approximate surface area is 159 Å². The van der Waals surface area contributed by atoms with E-state index in [4.69, 9.17) is 0 Å². The van der Waals surface area contributed by atoms with Gasteiger partial charge in [-0.15, -0.1) is 0 Å². The highest BCUT2D eigenvalue weighted by molar-refractivity contribution is 5.89. The molecule has 0 aliphatic heterocycles. The SMILES string of the molecule is CC(=O)Nc1cccc(Nc2cc(C)nc(N(C)Cc3ccccc3)n2)c1. The van der Waals surface area contributed by atoms with E-state index in [2.05, 4.69) is 32.7 Å². The second kappa shape index (κ2) is 8.31. The van der Waals surface area contributed by atoms with E-state index in [0.717, 1.165) is 23.6 Å². The van der Waals surface area contributed by atoms with Crippen molar-refractivity contribution in [2.45, 2.75) is 20.4 Å². The maximum absolute atomic E-state index is 11.2. The fourth-order valence-corrected chi connectivity index (χ4v) is 2.74. The number of hydrogen-bond acceptors (Lipinski definition) is 5. The van der Waals surface area contributed by atoms with Crippen molar-refractivity contribution in [1.82, 2.24) is 9.97 Å². The molecule has 0 bridgehead atoms. The molecule has 3 rings (SSSR count). The topological polar surface area (TPSA) is 70.2 Å². The van der Waals surface area contributed by atoms with E-state index in [-0.39, 0.29) is 5.91 Å². The highest BCUT2D eigenvalue weighted by atomic mass is 16.1. The number of carbonyl (C=O) groups excluding carboxylic acids is 1. The second-order valence-electron chi connectivity index (χ2n) is 6.42. The number of aromatic nitrogens is 2. The molecule has 3 aromatic rings. The van der Waals surface area contributed by atoms with Gasteiger partial charge in [0.1, 0.15) is 5.82 Å². The maximum Gasteiger partial charge on any atom is 0.227 e. The molecule has 0 saturated carbocycles. The van der Waals surface area contributed by atoms with Crippen LogP contribution in [-0.2, 0) is 11.3 Å². The van der Waals surface area contributed by atoms with Crippen LogP contribution in [0.4, 0.5) is 23.1 Å². The van der Waals surface area contributed by atoms with Gasteiger partial charge < -0.3 is 15.5 Å². The summed E-state index contributed by atoms with van der Waals surface area (Å²) in [5, 5.41) is 6.07. The lowest BCUT2D eigenvalue weighted by Crippen LogP contribution is -2.19. The lowest BCUT2D eigenvalue weighted by atomic mass is 10.2. The minimum absolute atomic E-state index is 0.102. The molecule has 0 atom stereocenters. The lowest BCUT2D eigenvalue weighted by molar-refractivity contribution is -0.114. The number of rotatable bonds is 6. The van der Waals surface area contributed by atoms with Gasteiger partial charge in [-0.05, 0) is 30.7 Å². The third-order valence-electron chi connectivity index (χ3n) is 3.90. The molecule has 138 valence electrons. The van der Waals surface area contributed by atoms with Gasteiger partial charge in [0.15, 0.2) is 0 Å². The zero-order valence-corrected chi connectivity index (χ0v) is 15.7. The molecule has 0 saturated heterocycles. The number of amides is 1. The van der Waals surface area contributed by atoms with E-state index in [1.807, 2.05) is 67.4 Å². The molecule has 0 aliphatic rings. The molecule has 1 amide bonds. The van der Waals surface area contributed by atoms with Crippen LogP contribution in [0.15, 0.2) is 60.7 Å². The molecule has 0 fully saturated rings. The van der Waals surface area contributed by atoms with Crippen LogP contribution in [-0.4, -0.2) is 22.9 Å². The van der Waals surface area contributed by atoms with Crippen molar-refractivity contribution in [3.63, 3.8) is 0 Å². The standard InChI is InChI=1S/C21H23N5O/c1-15-12-20(24-19-11-7-10-18(13-19)23-16(2)27)25-21(22-15)26(3)14-17-8-5-4-6-9-17/h4-13H,14H2,1-3H3,(H,23,27)(H,22,24,25). The summed E-state index contributed by atoms with van der Waals surface area (Å²) in [6, 6.07) is 19.6. The molecule has 0 unspecified atom stereocenters. The van der Waals surface area contributed by atoms with E-state index in [9.17, 15) is 4.79 Å². The van der Waals surface area contributed by atoms with Crippen molar-refractivity contribution < 1.29 is 4.79 Å². The Hall–Kier alpha value is -3.41. The van der Waals surface area contributed by atoms with Crippen LogP contribution in [0.5, 0.6) is 0 Å². The summed E-state index contributed by atoms with van der Waals surface area (Å²) in [5.41, 5.74) is 3.65. The van der Waals surface area contributed by atoms with Crippen molar-refractivity contribution in [2.24, 2.45) is 0 Å². The van der Waals surface area contributed by atoms with Gasteiger partial charge in [0, 0.05) is 43.7 Å². The Morgan fingerprint density at radius 1 is 1.00 bits per heavy atom. The molecule has 6 nitrogen and oxygen atoms in total. The number of hydrogen-bond donors (Lipinski definition) is 2. The molecule has 2 N–H and O–H groups in total. The molecular weight excluding hydrogens is 338 g/mol. The van der Waals surface area contributed by atoms with Gasteiger partial charge in [-0.2, -0.15) is 4.98 Å². The van der Waals surface area contributed by atoms with Crippen molar-refractivity contribution in [2.75, 3.05) is 22.6 Å². The first kappa shape index (κ1) is 18.4. The number of benzene rings is 2. The molecular formula is C21H23N5O. The Morgan fingerprint density at radius 2 is 1.74 bits per heavy atom.